The van der Waals surface area contributed by atoms with Crippen molar-refractivity contribution in [3.63, 3.8) is 0 Å². The van der Waals surface area contributed by atoms with Crippen molar-refractivity contribution in [2.45, 2.75) is 65.2 Å². The number of hydrogen-bond donors (Lipinski definition) is 3. The number of para-hydroxylation sites is 1. The summed E-state index contributed by atoms with van der Waals surface area (Å²) in [6.07, 6.45) is 6.85. The quantitative estimate of drug-likeness (QED) is 0.198. The minimum Gasteiger partial charge on any atom is -0.494 e. The number of unbranched alkanes of at least 4 members (excludes halogenated alkanes) is 4. The zero-order valence-corrected chi connectivity index (χ0v) is 21.7. The maximum Gasteiger partial charge on any atom is 0.276 e. The molecule has 2 aromatic rings. The van der Waals surface area contributed by atoms with E-state index in [0.717, 1.165) is 30.6 Å². The van der Waals surface area contributed by atoms with Gasteiger partial charge in [0.1, 0.15) is 11.5 Å². The third-order valence-electron chi connectivity index (χ3n) is 5.60. The number of rotatable bonds is 13. The molecule has 0 aliphatic carbocycles. The van der Waals surface area contributed by atoms with Crippen LogP contribution in [0.2, 0.25) is 0 Å². The highest BCUT2D eigenvalue weighted by molar-refractivity contribution is 7.80. The number of nitrogens with one attached hydrogen (secondary N) is 3. The highest BCUT2D eigenvalue weighted by Gasteiger charge is 2.12. The van der Waals surface area contributed by atoms with Crippen molar-refractivity contribution < 1.29 is 19.1 Å². The molecule has 8 heteroatoms. The van der Waals surface area contributed by atoms with E-state index in [4.69, 9.17) is 21.7 Å². The molecule has 190 valence electrons. The fourth-order valence-corrected chi connectivity index (χ4v) is 3.49. The van der Waals surface area contributed by atoms with E-state index >= 15 is 0 Å². The highest BCUT2D eigenvalue weighted by Crippen LogP contribution is 2.28. The first-order valence-electron chi connectivity index (χ1n) is 12.3. The first-order chi connectivity index (χ1) is 16.9. The molecule has 7 nitrogen and oxygen atoms in total. The van der Waals surface area contributed by atoms with Gasteiger partial charge < -0.3 is 9.47 Å². The summed E-state index contributed by atoms with van der Waals surface area (Å²) >= 11 is 5.10. The van der Waals surface area contributed by atoms with Gasteiger partial charge in [0.25, 0.3) is 11.8 Å². The molecule has 0 saturated heterocycles. The van der Waals surface area contributed by atoms with Crippen LogP contribution >= 0.6 is 12.2 Å². The fourth-order valence-electron chi connectivity index (χ4n) is 3.35. The monoisotopic (exact) mass is 499 g/mol. The van der Waals surface area contributed by atoms with Crippen LogP contribution in [-0.4, -0.2) is 30.1 Å². The predicted octanol–water partition coefficient (Wildman–Crippen LogP) is 5.26. The summed E-state index contributed by atoms with van der Waals surface area (Å²) in [5.41, 5.74) is 6.44. The Morgan fingerprint density at radius 2 is 1.63 bits per heavy atom. The van der Waals surface area contributed by atoms with Crippen LogP contribution in [0.1, 0.15) is 81.1 Å². The molecule has 1 atom stereocenters. The Hall–Kier alpha value is -3.13. The molecule has 0 aromatic heterocycles. The summed E-state index contributed by atoms with van der Waals surface area (Å²) in [6.45, 7) is 6.89. The SMILES string of the molecule is CCCCCCCOc1ccc(C(=O)NC(=S)NNC(=O)COc2ccccc2C(C)CC)cc1. The number of carbonyl (C=O) groups excluding carboxylic acids is 2. The number of hydrazine groups is 1. The second-order valence-electron chi connectivity index (χ2n) is 8.38. The standard InChI is InChI=1S/C27H37N3O4S/c1-4-6-7-8-11-18-33-22-16-14-21(15-17-22)26(32)28-27(35)30-29-25(31)19-34-24-13-10-9-12-23(24)20(3)5-2/h9-10,12-17,20H,4-8,11,18-19H2,1-3H3,(H,29,31)(H2,28,30,32,35). The van der Waals surface area contributed by atoms with Crippen molar-refractivity contribution in [2.24, 2.45) is 0 Å². The van der Waals surface area contributed by atoms with Gasteiger partial charge in [-0.3, -0.25) is 25.8 Å². The third kappa shape index (κ3) is 10.3. The first kappa shape index (κ1) is 28.1. The maximum atomic E-state index is 12.4. The van der Waals surface area contributed by atoms with E-state index in [-0.39, 0.29) is 17.6 Å². The zero-order chi connectivity index (χ0) is 25.5. The van der Waals surface area contributed by atoms with Gasteiger partial charge in [0.05, 0.1) is 6.61 Å². The van der Waals surface area contributed by atoms with Gasteiger partial charge in [-0.15, -0.1) is 0 Å². The second-order valence-corrected chi connectivity index (χ2v) is 8.79. The summed E-state index contributed by atoms with van der Waals surface area (Å²) in [4.78, 5) is 24.5. The molecule has 0 saturated carbocycles. The molecule has 0 fully saturated rings. The molecule has 0 bridgehead atoms. The van der Waals surface area contributed by atoms with Crippen molar-refractivity contribution in [1.29, 1.82) is 0 Å². The summed E-state index contributed by atoms with van der Waals surface area (Å²) in [7, 11) is 0. The van der Waals surface area contributed by atoms with Gasteiger partial charge in [0, 0.05) is 5.56 Å². The van der Waals surface area contributed by atoms with Crippen LogP contribution in [0, 0.1) is 0 Å². The molecule has 0 spiro atoms. The van der Waals surface area contributed by atoms with Crippen LogP contribution in [-0.2, 0) is 4.79 Å². The Morgan fingerprint density at radius 1 is 0.914 bits per heavy atom. The zero-order valence-electron chi connectivity index (χ0n) is 20.9. The average molecular weight is 500 g/mol. The Balaban J connectivity index is 1.70. The number of benzene rings is 2. The van der Waals surface area contributed by atoms with E-state index in [2.05, 4.69) is 36.9 Å². The molecule has 2 amide bonds. The largest absolute Gasteiger partial charge is 0.494 e. The lowest BCUT2D eigenvalue weighted by Gasteiger charge is -2.16. The number of carbonyl (C=O) groups is 2. The molecule has 1 unspecified atom stereocenters. The van der Waals surface area contributed by atoms with Gasteiger partial charge in [0.2, 0.25) is 0 Å². The number of hydrogen-bond acceptors (Lipinski definition) is 5. The Labute approximate surface area is 213 Å². The minimum atomic E-state index is -0.420. The van der Waals surface area contributed by atoms with Crippen molar-refractivity contribution in [1.82, 2.24) is 16.2 Å². The van der Waals surface area contributed by atoms with Gasteiger partial charge in [-0.25, -0.2) is 0 Å². The van der Waals surface area contributed by atoms with Crippen LogP contribution in [0.25, 0.3) is 0 Å². The van der Waals surface area contributed by atoms with Gasteiger partial charge in [-0.1, -0.05) is 64.7 Å². The average Bonchev–Trinajstić information content (AvgIpc) is 2.88. The lowest BCUT2D eigenvalue weighted by molar-refractivity contribution is -0.123. The lowest BCUT2D eigenvalue weighted by atomic mass is 9.98. The van der Waals surface area contributed by atoms with Crippen molar-refractivity contribution in [2.75, 3.05) is 13.2 Å². The molecule has 2 aromatic carbocycles. The fraction of sp³-hybridized carbons (Fsp3) is 0.444. The summed E-state index contributed by atoms with van der Waals surface area (Å²) in [6, 6.07) is 14.5. The molecule has 0 heterocycles. The van der Waals surface area contributed by atoms with E-state index in [9.17, 15) is 9.59 Å². The predicted molar refractivity (Wildman–Crippen MR) is 143 cm³/mol. The van der Waals surface area contributed by atoms with Crippen LogP contribution in [0.5, 0.6) is 11.5 Å². The van der Waals surface area contributed by atoms with Crippen molar-refractivity contribution in [3.8, 4) is 11.5 Å². The number of amides is 2. The second kappa shape index (κ2) is 15.7. The lowest BCUT2D eigenvalue weighted by Crippen LogP contribution is -2.49. The van der Waals surface area contributed by atoms with Gasteiger partial charge >= 0.3 is 0 Å². The normalized spacial score (nSPS) is 11.3. The molecule has 0 aliphatic heterocycles. The minimum absolute atomic E-state index is 0.0178. The first-order valence-corrected chi connectivity index (χ1v) is 12.7. The van der Waals surface area contributed by atoms with Gasteiger partial charge in [-0.05, 0) is 66.9 Å². The molecule has 3 N–H and O–H groups in total. The molecular weight excluding hydrogens is 462 g/mol. The van der Waals surface area contributed by atoms with E-state index in [0.29, 0.717) is 23.8 Å². The molecular formula is C27H37N3O4S. The topological polar surface area (TPSA) is 88.7 Å². The summed E-state index contributed by atoms with van der Waals surface area (Å²) in [5.74, 6) is 0.918. The Bertz CT molecular complexity index is 950. The summed E-state index contributed by atoms with van der Waals surface area (Å²) in [5, 5.41) is 2.52. The molecule has 2 rings (SSSR count). The van der Waals surface area contributed by atoms with E-state index in [1.165, 1.54) is 19.3 Å². The highest BCUT2D eigenvalue weighted by atomic mass is 32.1. The third-order valence-corrected chi connectivity index (χ3v) is 5.80. The van der Waals surface area contributed by atoms with Crippen LogP contribution in [0.15, 0.2) is 48.5 Å². The van der Waals surface area contributed by atoms with Gasteiger partial charge in [0.15, 0.2) is 11.7 Å². The van der Waals surface area contributed by atoms with Gasteiger partial charge in [-0.2, -0.15) is 0 Å². The van der Waals surface area contributed by atoms with Crippen LogP contribution in [0.4, 0.5) is 0 Å². The van der Waals surface area contributed by atoms with E-state index in [1.54, 1.807) is 24.3 Å². The molecule has 35 heavy (non-hydrogen) atoms. The molecule has 0 aliphatic rings. The van der Waals surface area contributed by atoms with Crippen molar-refractivity contribution in [3.05, 3.63) is 59.7 Å². The number of ether oxygens (including phenoxy) is 2. The van der Waals surface area contributed by atoms with Crippen LogP contribution < -0.4 is 25.6 Å². The Morgan fingerprint density at radius 3 is 2.34 bits per heavy atom. The van der Waals surface area contributed by atoms with E-state index < -0.39 is 5.91 Å². The van der Waals surface area contributed by atoms with Crippen LogP contribution in [0.3, 0.4) is 0 Å². The number of thiocarbonyl (C=S) groups is 1. The summed E-state index contributed by atoms with van der Waals surface area (Å²) < 4.78 is 11.4. The smallest absolute Gasteiger partial charge is 0.276 e. The maximum absolute atomic E-state index is 12.4. The Kier molecular flexibility index (Phi) is 12.6. The van der Waals surface area contributed by atoms with E-state index in [1.807, 2.05) is 24.3 Å². The molecule has 0 radical (unpaired) electrons. The van der Waals surface area contributed by atoms with Crippen molar-refractivity contribution >= 4 is 29.1 Å².